The molecular weight excluding hydrogens is 396 g/mol. The van der Waals surface area contributed by atoms with Crippen LogP contribution in [0.15, 0.2) is 85.3 Å². The summed E-state index contributed by atoms with van der Waals surface area (Å²) in [4.78, 5) is 16.5. The minimum atomic E-state index is 0.249. The topological polar surface area (TPSA) is 44.1 Å². The van der Waals surface area contributed by atoms with E-state index in [0.717, 1.165) is 48.4 Å². The molecule has 0 atom stereocenters. The Hall–Kier alpha value is -3.66. The number of aryl methyl sites for hydroxylation is 1. The molecule has 1 aromatic heterocycles. The smallest absolute Gasteiger partial charge is 0.163 e. The highest BCUT2D eigenvalue weighted by Crippen LogP contribution is 2.27. The van der Waals surface area contributed by atoms with E-state index >= 15 is 0 Å². The van der Waals surface area contributed by atoms with Gasteiger partial charge < -0.3 is 9.30 Å². The van der Waals surface area contributed by atoms with Gasteiger partial charge in [-0.25, -0.2) is 4.98 Å². The number of aromatic nitrogens is 2. The number of ketones is 1. The number of carbonyl (C=O) groups excluding carboxylic acids is 1. The van der Waals surface area contributed by atoms with Crippen molar-refractivity contribution >= 4 is 5.78 Å². The summed E-state index contributed by atoms with van der Waals surface area (Å²) in [6.07, 6.45) is 7.16. The van der Waals surface area contributed by atoms with Crippen molar-refractivity contribution in [3.8, 4) is 17.0 Å². The second kappa shape index (κ2) is 9.23. The first kappa shape index (κ1) is 20.3. The molecule has 0 amide bonds. The monoisotopic (exact) mass is 422 g/mol. The maximum absolute atomic E-state index is 12.0. The average Bonchev–Trinajstić information content (AvgIpc) is 3.28. The second-order valence-electron chi connectivity index (χ2n) is 8.24. The molecule has 0 unspecified atom stereocenters. The number of imidazole rings is 1. The third-order valence-corrected chi connectivity index (χ3v) is 6.07. The van der Waals surface area contributed by atoms with Gasteiger partial charge in [0.15, 0.2) is 5.78 Å². The number of rotatable bonds is 7. The zero-order valence-electron chi connectivity index (χ0n) is 18.0. The Morgan fingerprint density at radius 1 is 0.906 bits per heavy atom. The first-order chi connectivity index (χ1) is 15.8. The Bertz CT molecular complexity index is 1230. The molecule has 0 bridgehead atoms. The van der Waals surface area contributed by atoms with Crippen molar-refractivity contribution in [3.05, 3.63) is 108 Å². The van der Waals surface area contributed by atoms with Crippen LogP contribution in [-0.2, 0) is 19.4 Å². The molecule has 4 nitrogen and oxygen atoms in total. The van der Waals surface area contributed by atoms with Gasteiger partial charge in [0.1, 0.15) is 5.75 Å². The van der Waals surface area contributed by atoms with Gasteiger partial charge in [0.25, 0.3) is 0 Å². The Kier molecular flexibility index (Phi) is 5.84. The summed E-state index contributed by atoms with van der Waals surface area (Å²) in [7, 11) is 0. The summed E-state index contributed by atoms with van der Waals surface area (Å²) >= 11 is 0. The highest BCUT2D eigenvalue weighted by Gasteiger charge is 2.17. The van der Waals surface area contributed by atoms with Gasteiger partial charge in [-0.2, -0.15) is 0 Å². The average molecular weight is 423 g/mol. The van der Waals surface area contributed by atoms with Crippen molar-refractivity contribution in [1.82, 2.24) is 9.55 Å². The number of fused-ring (bicyclic) bond motifs is 1. The van der Waals surface area contributed by atoms with Crippen LogP contribution in [0.3, 0.4) is 0 Å². The van der Waals surface area contributed by atoms with Gasteiger partial charge >= 0.3 is 0 Å². The second-order valence-corrected chi connectivity index (χ2v) is 8.24. The van der Waals surface area contributed by atoms with Crippen LogP contribution in [0.1, 0.15) is 39.9 Å². The van der Waals surface area contributed by atoms with Gasteiger partial charge in [-0.05, 0) is 47.7 Å². The fraction of sp³-hybridized carbons (Fsp3) is 0.214. The molecule has 0 saturated heterocycles. The molecular formula is C28H26N2O2. The van der Waals surface area contributed by atoms with Crippen molar-refractivity contribution in [2.24, 2.45) is 0 Å². The highest BCUT2D eigenvalue weighted by molar-refractivity contribution is 5.98. The molecule has 0 saturated carbocycles. The van der Waals surface area contributed by atoms with E-state index in [1.165, 1.54) is 16.7 Å². The fourth-order valence-electron chi connectivity index (χ4n) is 4.43. The zero-order chi connectivity index (χ0) is 21.8. The zero-order valence-corrected chi connectivity index (χ0v) is 18.0. The lowest BCUT2D eigenvalue weighted by molar-refractivity contribution is 0.0972. The van der Waals surface area contributed by atoms with Gasteiger partial charge in [0.05, 0.1) is 24.8 Å². The standard InChI is InChI=1S/C28H26N2O2/c31-28-12-6-10-23-17-24(13-14-26(23)28)32-16-15-22-9-4-5-11-25(22)27-18-29-20-30(27)19-21-7-2-1-3-8-21/h1-5,7-9,11,13-14,17-18,20H,6,10,12,15-16,19H2. The maximum Gasteiger partial charge on any atom is 0.163 e. The lowest BCUT2D eigenvalue weighted by atomic mass is 9.90. The number of nitrogens with zero attached hydrogens (tertiary/aromatic N) is 2. The molecule has 0 N–H and O–H groups in total. The maximum atomic E-state index is 12.0. The molecule has 4 heteroatoms. The third-order valence-electron chi connectivity index (χ3n) is 6.07. The van der Waals surface area contributed by atoms with Crippen molar-refractivity contribution in [1.29, 1.82) is 0 Å². The molecule has 5 rings (SSSR count). The van der Waals surface area contributed by atoms with Crippen LogP contribution in [0, 0.1) is 0 Å². The highest BCUT2D eigenvalue weighted by atomic mass is 16.5. The molecule has 3 aromatic carbocycles. The van der Waals surface area contributed by atoms with E-state index in [0.29, 0.717) is 13.0 Å². The number of hydrogen-bond acceptors (Lipinski definition) is 3. The van der Waals surface area contributed by atoms with E-state index in [1.807, 2.05) is 36.8 Å². The first-order valence-electron chi connectivity index (χ1n) is 11.2. The minimum absolute atomic E-state index is 0.249. The van der Waals surface area contributed by atoms with Gasteiger partial charge in [-0.1, -0.05) is 54.6 Å². The van der Waals surface area contributed by atoms with Crippen LogP contribution in [0.2, 0.25) is 0 Å². The predicted octanol–water partition coefficient (Wildman–Crippen LogP) is 5.74. The van der Waals surface area contributed by atoms with E-state index in [4.69, 9.17) is 4.74 Å². The van der Waals surface area contributed by atoms with Gasteiger partial charge in [0.2, 0.25) is 0 Å². The van der Waals surface area contributed by atoms with E-state index in [1.54, 1.807) is 0 Å². The van der Waals surface area contributed by atoms with Crippen LogP contribution in [0.4, 0.5) is 0 Å². The van der Waals surface area contributed by atoms with Crippen LogP contribution in [-0.4, -0.2) is 21.9 Å². The lowest BCUT2D eigenvalue weighted by Gasteiger charge is -2.16. The van der Waals surface area contributed by atoms with Gasteiger partial charge in [-0.15, -0.1) is 0 Å². The molecule has 0 fully saturated rings. The Morgan fingerprint density at radius 3 is 2.66 bits per heavy atom. The molecule has 1 aliphatic rings. The van der Waals surface area contributed by atoms with Crippen LogP contribution >= 0.6 is 0 Å². The third kappa shape index (κ3) is 4.35. The van der Waals surface area contributed by atoms with E-state index in [9.17, 15) is 4.79 Å². The van der Waals surface area contributed by atoms with Gasteiger partial charge in [0, 0.05) is 30.5 Å². The molecule has 1 aliphatic carbocycles. The summed E-state index contributed by atoms with van der Waals surface area (Å²) in [5, 5.41) is 0. The molecule has 0 aliphatic heterocycles. The van der Waals surface area contributed by atoms with Crippen LogP contribution < -0.4 is 4.74 Å². The molecule has 4 aromatic rings. The summed E-state index contributed by atoms with van der Waals surface area (Å²) in [5.74, 6) is 1.09. The van der Waals surface area contributed by atoms with Crippen molar-refractivity contribution in [3.63, 3.8) is 0 Å². The largest absolute Gasteiger partial charge is 0.493 e. The summed E-state index contributed by atoms with van der Waals surface area (Å²) in [6.45, 7) is 1.37. The van der Waals surface area contributed by atoms with E-state index in [2.05, 4.69) is 58.1 Å². The van der Waals surface area contributed by atoms with Crippen LogP contribution in [0.5, 0.6) is 5.75 Å². The van der Waals surface area contributed by atoms with Crippen molar-refractivity contribution in [2.75, 3.05) is 6.61 Å². The molecule has 1 heterocycles. The van der Waals surface area contributed by atoms with Crippen LogP contribution in [0.25, 0.3) is 11.3 Å². The molecule has 0 radical (unpaired) electrons. The van der Waals surface area contributed by atoms with Gasteiger partial charge in [-0.3, -0.25) is 4.79 Å². The molecule has 0 spiro atoms. The number of ether oxygens (including phenoxy) is 1. The summed E-state index contributed by atoms with van der Waals surface area (Å²) in [6, 6.07) is 24.8. The Labute approximate surface area is 188 Å². The predicted molar refractivity (Wildman–Crippen MR) is 126 cm³/mol. The normalized spacial score (nSPS) is 13.1. The quantitative estimate of drug-likeness (QED) is 0.381. The Balaban J connectivity index is 1.30. The Morgan fingerprint density at radius 2 is 1.75 bits per heavy atom. The number of Topliss-reactive ketones (excluding diaryl/α,β-unsaturated/α-hetero) is 1. The summed E-state index contributed by atoms with van der Waals surface area (Å²) < 4.78 is 8.27. The molecule has 32 heavy (non-hydrogen) atoms. The van der Waals surface area contributed by atoms with E-state index < -0.39 is 0 Å². The van der Waals surface area contributed by atoms with Crippen molar-refractivity contribution in [2.45, 2.75) is 32.2 Å². The fourth-order valence-corrected chi connectivity index (χ4v) is 4.43. The summed E-state index contributed by atoms with van der Waals surface area (Å²) in [5.41, 5.74) is 6.75. The minimum Gasteiger partial charge on any atom is -0.493 e. The number of carbonyl (C=O) groups is 1. The lowest BCUT2D eigenvalue weighted by Crippen LogP contribution is -2.11. The number of hydrogen-bond donors (Lipinski definition) is 0. The van der Waals surface area contributed by atoms with Crippen molar-refractivity contribution < 1.29 is 9.53 Å². The first-order valence-corrected chi connectivity index (χ1v) is 11.2. The number of benzene rings is 3. The SMILES string of the molecule is O=C1CCCc2cc(OCCc3ccccc3-c3cncn3Cc3ccccc3)ccc21. The van der Waals surface area contributed by atoms with E-state index in [-0.39, 0.29) is 5.78 Å². The molecule has 160 valence electrons.